The molecule has 1 N–H and O–H groups in total. The molecule has 0 unspecified atom stereocenters. The lowest BCUT2D eigenvalue weighted by Gasteiger charge is -2.05. The fourth-order valence-corrected chi connectivity index (χ4v) is 1.96. The average Bonchev–Trinajstić information content (AvgIpc) is 2.76. The zero-order valence-electron chi connectivity index (χ0n) is 9.56. The number of aryl methyl sites for hydroxylation is 1. The lowest BCUT2D eigenvalue weighted by atomic mass is 10.3. The molecule has 88 valence electrons. The minimum atomic E-state index is -0.206. The molecule has 0 aliphatic rings. The molecule has 17 heavy (non-hydrogen) atoms. The molecular weight excluding hydrogens is 236 g/mol. The van der Waals surface area contributed by atoms with Gasteiger partial charge in [0.05, 0.1) is 12.1 Å². The van der Waals surface area contributed by atoms with Crippen molar-refractivity contribution < 1.29 is 9.53 Å². The molecule has 1 heterocycles. The Morgan fingerprint density at radius 1 is 1.47 bits per heavy atom. The van der Waals surface area contributed by atoms with E-state index in [1.807, 2.05) is 19.1 Å². The smallest absolute Gasteiger partial charge is 0.275 e. The Bertz CT molecular complexity index is 537. The summed E-state index contributed by atoms with van der Waals surface area (Å²) in [5.41, 5.74) is 1.13. The molecule has 0 radical (unpaired) electrons. The number of ether oxygens (including phenoxy) is 1. The first kappa shape index (κ1) is 11.6. The van der Waals surface area contributed by atoms with Crippen molar-refractivity contribution in [3.05, 3.63) is 40.3 Å². The summed E-state index contributed by atoms with van der Waals surface area (Å²) in [4.78, 5) is 15.9. The van der Waals surface area contributed by atoms with Gasteiger partial charge in [-0.1, -0.05) is 6.07 Å². The first-order valence-corrected chi connectivity index (χ1v) is 5.94. The fraction of sp³-hybridized carbons (Fsp3) is 0.167. The molecular formula is C12H12N2O2S. The summed E-state index contributed by atoms with van der Waals surface area (Å²) < 4.78 is 5.08. The number of hydrogen-bond donors (Lipinski definition) is 1. The number of hydrogen-bond acceptors (Lipinski definition) is 4. The number of anilines is 1. The van der Waals surface area contributed by atoms with Gasteiger partial charge in [-0.3, -0.25) is 4.79 Å². The van der Waals surface area contributed by atoms with Crippen LogP contribution in [0.4, 0.5) is 5.69 Å². The van der Waals surface area contributed by atoms with Crippen LogP contribution >= 0.6 is 11.3 Å². The van der Waals surface area contributed by atoms with Gasteiger partial charge in [-0.25, -0.2) is 4.98 Å². The number of nitrogens with zero attached hydrogens (tertiary/aromatic N) is 1. The zero-order chi connectivity index (χ0) is 12.3. The van der Waals surface area contributed by atoms with Crippen LogP contribution < -0.4 is 10.1 Å². The summed E-state index contributed by atoms with van der Waals surface area (Å²) in [6.45, 7) is 1.87. The van der Waals surface area contributed by atoms with E-state index in [1.165, 1.54) is 11.3 Å². The summed E-state index contributed by atoms with van der Waals surface area (Å²) in [5, 5.41) is 5.39. The third kappa shape index (κ3) is 2.82. The highest BCUT2D eigenvalue weighted by atomic mass is 32.1. The molecule has 1 amide bonds. The Kier molecular flexibility index (Phi) is 3.39. The SMILES string of the molecule is COc1cccc(NC(=O)c2csc(C)n2)c1. The predicted octanol–water partition coefficient (Wildman–Crippen LogP) is 2.71. The highest BCUT2D eigenvalue weighted by Crippen LogP contribution is 2.17. The van der Waals surface area contributed by atoms with Gasteiger partial charge < -0.3 is 10.1 Å². The summed E-state index contributed by atoms with van der Waals surface area (Å²) in [7, 11) is 1.59. The lowest BCUT2D eigenvalue weighted by molar-refractivity contribution is 0.102. The molecule has 2 aromatic rings. The molecule has 0 spiro atoms. The van der Waals surface area contributed by atoms with Gasteiger partial charge in [-0.2, -0.15) is 0 Å². The summed E-state index contributed by atoms with van der Waals surface area (Å²) in [6.07, 6.45) is 0. The minimum absolute atomic E-state index is 0.206. The van der Waals surface area contributed by atoms with Gasteiger partial charge >= 0.3 is 0 Å². The molecule has 0 aliphatic carbocycles. The van der Waals surface area contributed by atoms with E-state index in [1.54, 1.807) is 24.6 Å². The van der Waals surface area contributed by atoms with Gasteiger partial charge in [0.25, 0.3) is 5.91 Å². The Morgan fingerprint density at radius 2 is 2.29 bits per heavy atom. The number of carbonyl (C=O) groups is 1. The minimum Gasteiger partial charge on any atom is -0.497 e. The average molecular weight is 248 g/mol. The molecule has 0 aliphatic heterocycles. The molecule has 1 aromatic heterocycles. The van der Waals surface area contributed by atoms with Gasteiger partial charge in [0, 0.05) is 17.1 Å². The van der Waals surface area contributed by atoms with Crippen molar-refractivity contribution >= 4 is 22.9 Å². The zero-order valence-corrected chi connectivity index (χ0v) is 10.4. The van der Waals surface area contributed by atoms with E-state index in [9.17, 15) is 4.79 Å². The van der Waals surface area contributed by atoms with E-state index < -0.39 is 0 Å². The second-order valence-corrected chi connectivity index (χ2v) is 4.50. The van der Waals surface area contributed by atoms with Crippen LogP contribution in [0, 0.1) is 6.92 Å². The maximum atomic E-state index is 11.8. The second-order valence-electron chi connectivity index (χ2n) is 3.44. The fourth-order valence-electron chi connectivity index (χ4n) is 1.36. The number of carbonyl (C=O) groups excluding carboxylic acids is 1. The molecule has 0 bridgehead atoms. The van der Waals surface area contributed by atoms with Crippen molar-refractivity contribution in [2.75, 3.05) is 12.4 Å². The van der Waals surface area contributed by atoms with Crippen LogP contribution in [-0.4, -0.2) is 18.0 Å². The van der Waals surface area contributed by atoms with Gasteiger partial charge in [0.2, 0.25) is 0 Å². The van der Waals surface area contributed by atoms with E-state index >= 15 is 0 Å². The molecule has 0 saturated heterocycles. The number of benzene rings is 1. The number of nitrogens with one attached hydrogen (secondary N) is 1. The van der Waals surface area contributed by atoms with Gasteiger partial charge in [-0.15, -0.1) is 11.3 Å². The maximum absolute atomic E-state index is 11.8. The number of rotatable bonds is 3. The summed E-state index contributed by atoms with van der Waals surface area (Å²) in [6, 6.07) is 7.21. The summed E-state index contributed by atoms with van der Waals surface area (Å²) >= 11 is 1.45. The van der Waals surface area contributed by atoms with E-state index in [0.717, 1.165) is 5.01 Å². The maximum Gasteiger partial charge on any atom is 0.275 e. The van der Waals surface area contributed by atoms with E-state index in [4.69, 9.17) is 4.74 Å². The standard InChI is InChI=1S/C12H12N2O2S/c1-8-13-11(7-17-8)12(15)14-9-4-3-5-10(6-9)16-2/h3-7H,1-2H3,(H,14,15). The third-order valence-corrected chi connectivity index (χ3v) is 2.95. The van der Waals surface area contributed by atoms with Gasteiger partial charge in [0.1, 0.15) is 11.4 Å². The molecule has 0 atom stereocenters. The second kappa shape index (κ2) is 4.97. The van der Waals surface area contributed by atoms with Crippen molar-refractivity contribution in [2.24, 2.45) is 0 Å². The molecule has 0 saturated carbocycles. The van der Waals surface area contributed by atoms with Crippen molar-refractivity contribution in [3.63, 3.8) is 0 Å². The molecule has 5 heteroatoms. The highest BCUT2D eigenvalue weighted by Gasteiger charge is 2.09. The highest BCUT2D eigenvalue weighted by molar-refractivity contribution is 7.09. The Labute approximate surface area is 103 Å². The Hall–Kier alpha value is -1.88. The van der Waals surface area contributed by atoms with Crippen LogP contribution in [0.3, 0.4) is 0 Å². The first-order valence-electron chi connectivity index (χ1n) is 5.06. The number of thiazole rings is 1. The van der Waals surface area contributed by atoms with Crippen molar-refractivity contribution in [1.29, 1.82) is 0 Å². The van der Waals surface area contributed by atoms with Crippen LogP contribution in [-0.2, 0) is 0 Å². The number of amides is 1. The quantitative estimate of drug-likeness (QED) is 0.908. The monoisotopic (exact) mass is 248 g/mol. The van der Waals surface area contributed by atoms with Gasteiger partial charge in [-0.05, 0) is 19.1 Å². The largest absolute Gasteiger partial charge is 0.497 e. The van der Waals surface area contributed by atoms with Crippen LogP contribution in [0.25, 0.3) is 0 Å². The third-order valence-electron chi connectivity index (χ3n) is 2.18. The van der Waals surface area contributed by atoms with E-state index in [-0.39, 0.29) is 5.91 Å². The summed E-state index contributed by atoms with van der Waals surface area (Å²) in [5.74, 6) is 0.500. The molecule has 1 aromatic carbocycles. The normalized spacial score (nSPS) is 10.0. The topological polar surface area (TPSA) is 51.2 Å². The molecule has 2 rings (SSSR count). The lowest BCUT2D eigenvalue weighted by Crippen LogP contribution is -2.12. The van der Waals surface area contributed by atoms with Crippen LogP contribution in [0.2, 0.25) is 0 Å². The Balaban J connectivity index is 2.12. The van der Waals surface area contributed by atoms with Crippen LogP contribution in [0.5, 0.6) is 5.75 Å². The first-order chi connectivity index (χ1) is 8.19. The van der Waals surface area contributed by atoms with E-state index in [0.29, 0.717) is 17.1 Å². The van der Waals surface area contributed by atoms with Crippen LogP contribution in [0.15, 0.2) is 29.6 Å². The molecule has 4 nitrogen and oxygen atoms in total. The number of aromatic nitrogens is 1. The van der Waals surface area contributed by atoms with Crippen molar-refractivity contribution in [1.82, 2.24) is 4.98 Å². The van der Waals surface area contributed by atoms with Gasteiger partial charge in [0.15, 0.2) is 0 Å². The predicted molar refractivity (Wildman–Crippen MR) is 67.8 cm³/mol. The number of methoxy groups -OCH3 is 1. The van der Waals surface area contributed by atoms with Crippen LogP contribution in [0.1, 0.15) is 15.5 Å². The molecule has 0 fully saturated rings. The van der Waals surface area contributed by atoms with Crippen molar-refractivity contribution in [2.45, 2.75) is 6.92 Å². The van der Waals surface area contributed by atoms with E-state index in [2.05, 4.69) is 10.3 Å². The van der Waals surface area contributed by atoms with Crippen molar-refractivity contribution in [3.8, 4) is 5.75 Å². The Morgan fingerprint density at radius 3 is 2.94 bits per heavy atom.